The number of nitrogens with one attached hydrogen (secondary N) is 1. The van der Waals surface area contributed by atoms with E-state index in [-0.39, 0.29) is 11.7 Å². The number of rotatable bonds is 5. The Balaban J connectivity index is 1.46. The number of nitrogens with zero attached hydrogens (tertiary/aromatic N) is 2. The first-order valence-electron chi connectivity index (χ1n) is 11.1. The second-order valence-corrected chi connectivity index (χ2v) is 8.15. The minimum Gasteiger partial charge on any atom is -0.497 e. The van der Waals surface area contributed by atoms with Gasteiger partial charge in [-0.25, -0.2) is 14.8 Å². The Kier molecular flexibility index (Phi) is 5.94. The summed E-state index contributed by atoms with van der Waals surface area (Å²) < 4.78 is 18.7. The highest BCUT2D eigenvalue weighted by molar-refractivity contribution is 6.08. The van der Waals surface area contributed by atoms with Gasteiger partial charge in [0.2, 0.25) is 0 Å². The molecule has 0 aliphatic heterocycles. The highest BCUT2D eigenvalue weighted by Gasteiger charge is 2.14. The molecule has 172 valence electrons. The third kappa shape index (κ3) is 4.59. The van der Waals surface area contributed by atoms with Crippen LogP contribution in [0.1, 0.15) is 22.8 Å². The van der Waals surface area contributed by atoms with E-state index in [1.165, 1.54) is 12.1 Å². The number of para-hydroxylation sites is 1. The summed E-state index contributed by atoms with van der Waals surface area (Å²) in [5, 5.41) is 7.17. The number of methoxy groups -OCH3 is 1. The number of hydrogen-bond donors (Lipinski definition) is 1. The molecule has 6 heteroatoms. The van der Waals surface area contributed by atoms with Gasteiger partial charge in [-0.1, -0.05) is 36.4 Å². The minimum absolute atomic E-state index is 0.329. The maximum atomic E-state index is 13.4. The molecule has 1 amide bonds. The van der Waals surface area contributed by atoms with E-state index in [4.69, 9.17) is 4.74 Å². The van der Waals surface area contributed by atoms with Gasteiger partial charge in [-0.15, -0.1) is 0 Å². The fraction of sp³-hybridized carbons (Fsp3) is 0.0690. The fourth-order valence-electron chi connectivity index (χ4n) is 3.97. The van der Waals surface area contributed by atoms with Crippen molar-refractivity contribution in [3.8, 4) is 17.0 Å². The molecule has 0 fully saturated rings. The zero-order chi connectivity index (χ0) is 24.4. The van der Waals surface area contributed by atoms with Crippen molar-refractivity contribution < 1.29 is 13.9 Å². The summed E-state index contributed by atoms with van der Waals surface area (Å²) in [6, 6.07) is 27.0. The highest BCUT2D eigenvalue weighted by Crippen LogP contribution is 2.25. The van der Waals surface area contributed by atoms with Crippen LogP contribution in [-0.4, -0.2) is 23.7 Å². The maximum Gasteiger partial charge on any atom is 0.272 e. The molecule has 5 rings (SSSR count). The lowest BCUT2D eigenvalue weighted by atomic mass is 10.0. The number of fused-ring (bicyclic) bond motifs is 2. The lowest BCUT2D eigenvalue weighted by Crippen LogP contribution is -2.20. The molecule has 35 heavy (non-hydrogen) atoms. The van der Waals surface area contributed by atoms with E-state index in [2.05, 4.69) is 15.5 Å². The van der Waals surface area contributed by atoms with E-state index in [1.54, 1.807) is 25.3 Å². The molecule has 5 nitrogen and oxygen atoms in total. The van der Waals surface area contributed by atoms with Crippen molar-refractivity contribution in [3.05, 3.63) is 108 Å². The first-order valence-corrected chi connectivity index (χ1v) is 11.1. The average molecular weight is 464 g/mol. The molecule has 0 spiro atoms. The Morgan fingerprint density at radius 1 is 0.914 bits per heavy atom. The third-order valence-corrected chi connectivity index (χ3v) is 5.89. The van der Waals surface area contributed by atoms with Gasteiger partial charge in [0.25, 0.3) is 5.91 Å². The number of halogens is 1. The minimum atomic E-state index is -0.350. The van der Waals surface area contributed by atoms with Crippen molar-refractivity contribution in [2.75, 3.05) is 7.11 Å². The lowest BCUT2D eigenvalue weighted by Gasteiger charge is -2.10. The number of benzene rings is 4. The SMILES string of the molecule is COc1ccc2cc(/C(C)=N\NC(=O)c3cc(-c4ccc(F)cc4)nc4ccccc34)ccc2c1. The quantitative estimate of drug-likeness (QED) is 0.244. The van der Waals surface area contributed by atoms with E-state index in [0.717, 1.165) is 27.6 Å². The van der Waals surface area contributed by atoms with E-state index in [1.807, 2.05) is 67.6 Å². The molecule has 0 atom stereocenters. The van der Waals surface area contributed by atoms with Gasteiger partial charge in [0.05, 0.1) is 29.6 Å². The second kappa shape index (κ2) is 9.35. The smallest absolute Gasteiger partial charge is 0.272 e. The molecule has 1 heterocycles. The summed E-state index contributed by atoms with van der Waals surface area (Å²) in [5.74, 6) is 0.120. The van der Waals surface area contributed by atoms with Crippen LogP contribution in [-0.2, 0) is 0 Å². The van der Waals surface area contributed by atoms with Crippen molar-refractivity contribution >= 4 is 33.3 Å². The van der Waals surface area contributed by atoms with E-state index < -0.39 is 0 Å². The second-order valence-electron chi connectivity index (χ2n) is 8.15. The summed E-state index contributed by atoms with van der Waals surface area (Å²) in [4.78, 5) is 17.9. The number of aromatic nitrogens is 1. The van der Waals surface area contributed by atoms with Gasteiger partial charge in [0.15, 0.2) is 0 Å². The van der Waals surface area contributed by atoms with Gasteiger partial charge in [-0.2, -0.15) is 5.10 Å². The van der Waals surface area contributed by atoms with Crippen LogP contribution in [0.15, 0.2) is 96.1 Å². The molecule has 0 aliphatic carbocycles. The monoisotopic (exact) mass is 463 g/mol. The molecule has 5 aromatic rings. The summed E-state index contributed by atoms with van der Waals surface area (Å²) in [6.45, 7) is 1.85. The van der Waals surface area contributed by atoms with E-state index >= 15 is 0 Å². The van der Waals surface area contributed by atoms with Crippen LogP contribution in [0.3, 0.4) is 0 Å². The van der Waals surface area contributed by atoms with Crippen molar-refractivity contribution in [1.82, 2.24) is 10.4 Å². The molecular formula is C29H22FN3O2. The number of hydrogen-bond acceptors (Lipinski definition) is 4. The normalized spacial score (nSPS) is 11.6. The molecule has 0 bridgehead atoms. The molecule has 0 radical (unpaired) electrons. The number of pyridine rings is 1. The number of amides is 1. The fourth-order valence-corrected chi connectivity index (χ4v) is 3.97. The molecule has 0 unspecified atom stereocenters. The standard InChI is InChI=1S/C29H22FN3O2/c1-18(20-7-8-22-16-24(35-2)14-11-21(22)15-20)32-33-29(34)26-17-28(19-9-12-23(30)13-10-19)31-27-6-4-3-5-25(26)27/h3-17H,1-2H3,(H,33,34)/b32-18-. The molecular weight excluding hydrogens is 441 g/mol. The molecule has 0 aliphatic rings. The van der Waals surface area contributed by atoms with Gasteiger partial charge in [-0.05, 0) is 77.9 Å². The zero-order valence-electron chi connectivity index (χ0n) is 19.2. The summed E-state index contributed by atoms with van der Waals surface area (Å²) >= 11 is 0. The lowest BCUT2D eigenvalue weighted by molar-refractivity contribution is 0.0956. The van der Waals surface area contributed by atoms with Crippen LogP contribution >= 0.6 is 0 Å². The Hall–Kier alpha value is -4.58. The molecule has 1 N–H and O–H groups in total. The molecule has 4 aromatic carbocycles. The van der Waals surface area contributed by atoms with E-state index in [9.17, 15) is 9.18 Å². The van der Waals surface area contributed by atoms with Crippen molar-refractivity contribution in [2.45, 2.75) is 6.92 Å². The largest absolute Gasteiger partial charge is 0.497 e. The predicted octanol–water partition coefficient (Wildman–Crippen LogP) is 6.36. The summed E-state index contributed by atoms with van der Waals surface area (Å²) in [7, 11) is 1.64. The van der Waals surface area contributed by atoms with Crippen LogP contribution in [0.5, 0.6) is 5.75 Å². The number of carbonyl (C=O) groups excluding carboxylic acids is 1. The zero-order valence-corrected chi connectivity index (χ0v) is 19.2. The highest BCUT2D eigenvalue weighted by atomic mass is 19.1. The topological polar surface area (TPSA) is 63.6 Å². The van der Waals surface area contributed by atoms with Crippen LogP contribution < -0.4 is 10.2 Å². The Morgan fingerprint density at radius 3 is 2.46 bits per heavy atom. The first kappa shape index (κ1) is 22.2. The van der Waals surface area contributed by atoms with Crippen LogP contribution in [0.25, 0.3) is 32.9 Å². The average Bonchev–Trinajstić information content (AvgIpc) is 2.90. The van der Waals surface area contributed by atoms with Gasteiger partial charge < -0.3 is 4.74 Å². The Labute approximate surface area is 201 Å². The van der Waals surface area contributed by atoms with Crippen molar-refractivity contribution in [1.29, 1.82) is 0 Å². The van der Waals surface area contributed by atoms with Crippen molar-refractivity contribution in [3.63, 3.8) is 0 Å². The first-order chi connectivity index (χ1) is 17.0. The van der Waals surface area contributed by atoms with Crippen LogP contribution in [0.4, 0.5) is 4.39 Å². The number of hydrazone groups is 1. The molecule has 0 saturated heterocycles. The predicted molar refractivity (Wildman–Crippen MR) is 137 cm³/mol. The summed E-state index contributed by atoms with van der Waals surface area (Å²) in [5.41, 5.74) is 6.67. The third-order valence-electron chi connectivity index (χ3n) is 5.89. The van der Waals surface area contributed by atoms with Crippen molar-refractivity contribution in [2.24, 2.45) is 5.10 Å². The number of ether oxygens (including phenoxy) is 1. The van der Waals surface area contributed by atoms with Gasteiger partial charge in [-0.3, -0.25) is 4.79 Å². The Bertz CT molecular complexity index is 1590. The Morgan fingerprint density at radius 2 is 1.66 bits per heavy atom. The molecule has 1 aromatic heterocycles. The van der Waals surface area contributed by atoms with Gasteiger partial charge >= 0.3 is 0 Å². The van der Waals surface area contributed by atoms with Gasteiger partial charge in [0, 0.05) is 10.9 Å². The van der Waals surface area contributed by atoms with E-state index in [0.29, 0.717) is 27.9 Å². The van der Waals surface area contributed by atoms with Crippen LogP contribution in [0, 0.1) is 5.82 Å². The van der Waals surface area contributed by atoms with Crippen LogP contribution in [0.2, 0.25) is 0 Å². The number of carbonyl (C=O) groups is 1. The molecule has 0 saturated carbocycles. The summed E-state index contributed by atoms with van der Waals surface area (Å²) in [6.07, 6.45) is 0. The van der Waals surface area contributed by atoms with Gasteiger partial charge in [0.1, 0.15) is 11.6 Å². The maximum absolute atomic E-state index is 13.4.